The standard InChI is InChI=1S/C11H18O.C5H12/c1-8-5-6-9-10(12)4-3-7-11(8,9)2;1-3-5-4-2/h8-9H,3-7H2,1-2H3;3-5H2,1-2H3. The van der Waals surface area contributed by atoms with Gasteiger partial charge < -0.3 is 0 Å². The highest BCUT2D eigenvalue weighted by molar-refractivity contribution is 5.83. The lowest BCUT2D eigenvalue weighted by molar-refractivity contribution is -0.129. The number of fused-ring (bicyclic) bond motifs is 1. The monoisotopic (exact) mass is 238 g/mol. The smallest absolute Gasteiger partial charge is 0.136 e. The van der Waals surface area contributed by atoms with E-state index >= 15 is 0 Å². The Balaban J connectivity index is 0.000000249. The zero-order valence-electron chi connectivity index (χ0n) is 12.2. The zero-order valence-corrected chi connectivity index (χ0v) is 12.2. The van der Waals surface area contributed by atoms with Crippen molar-refractivity contribution in [2.45, 2.75) is 79.1 Å². The lowest BCUT2D eigenvalue weighted by Gasteiger charge is -2.38. The Morgan fingerprint density at radius 2 is 1.88 bits per heavy atom. The van der Waals surface area contributed by atoms with E-state index in [9.17, 15) is 4.79 Å². The van der Waals surface area contributed by atoms with Gasteiger partial charge in [0.2, 0.25) is 0 Å². The second-order valence-electron chi connectivity index (χ2n) is 6.21. The normalized spacial score (nSPS) is 36.1. The molecule has 3 unspecified atom stereocenters. The molecule has 17 heavy (non-hydrogen) atoms. The van der Waals surface area contributed by atoms with Gasteiger partial charge in [-0.3, -0.25) is 4.79 Å². The number of rotatable bonds is 2. The molecular formula is C16H30O. The van der Waals surface area contributed by atoms with Crippen molar-refractivity contribution < 1.29 is 4.79 Å². The van der Waals surface area contributed by atoms with Gasteiger partial charge in [-0.05, 0) is 37.0 Å². The van der Waals surface area contributed by atoms with Crippen molar-refractivity contribution in [1.29, 1.82) is 0 Å². The summed E-state index contributed by atoms with van der Waals surface area (Å²) in [5, 5.41) is 0. The molecule has 0 N–H and O–H groups in total. The molecule has 2 aliphatic rings. The molecule has 0 radical (unpaired) electrons. The van der Waals surface area contributed by atoms with Crippen molar-refractivity contribution in [1.82, 2.24) is 0 Å². The molecule has 2 aliphatic carbocycles. The van der Waals surface area contributed by atoms with E-state index in [1.54, 1.807) is 0 Å². The first-order valence-electron chi connectivity index (χ1n) is 7.59. The largest absolute Gasteiger partial charge is 0.299 e. The molecule has 0 aliphatic heterocycles. The summed E-state index contributed by atoms with van der Waals surface area (Å²) in [6.45, 7) is 9.07. The molecule has 0 aromatic carbocycles. The molecule has 2 fully saturated rings. The third-order valence-corrected chi connectivity index (χ3v) is 5.04. The molecule has 2 rings (SSSR count). The van der Waals surface area contributed by atoms with E-state index in [-0.39, 0.29) is 0 Å². The van der Waals surface area contributed by atoms with Gasteiger partial charge in [0.05, 0.1) is 0 Å². The highest BCUT2D eigenvalue weighted by atomic mass is 16.1. The summed E-state index contributed by atoms with van der Waals surface area (Å²) in [5.41, 5.74) is 0.370. The lowest BCUT2D eigenvalue weighted by Crippen LogP contribution is -2.36. The third kappa shape index (κ3) is 3.33. The molecule has 0 spiro atoms. The fourth-order valence-corrected chi connectivity index (χ4v) is 3.54. The molecule has 0 aromatic rings. The number of hydrogen-bond acceptors (Lipinski definition) is 1. The van der Waals surface area contributed by atoms with Crippen LogP contribution in [-0.2, 0) is 4.79 Å². The van der Waals surface area contributed by atoms with Crippen molar-refractivity contribution >= 4 is 5.78 Å². The van der Waals surface area contributed by atoms with Crippen LogP contribution in [0.25, 0.3) is 0 Å². The van der Waals surface area contributed by atoms with Gasteiger partial charge >= 0.3 is 0 Å². The van der Waals surface area contributed by atoms with E-state index in [2.05, 4.69) is 27.7 Å². The van der Waals surface area contributed by atoms with Crippen LogP contribution < -0.4 is 0 Å². The number of carbonyl (C=O) groups excluding carboxylic acids is 1. The predicted molar refractivity (Wildman–Crippen MR) is 74.1 cm³/mol. The molecule has 0 amide bonds. The SMILES string of the molecule is CC1CCC2C(=O)CCCC12C.CCCCC. The Labute approximate surface area is 107 Å². The van der Waals surface area contributed by atoms with E-state index in [4.69, 9.17) is 0 Å². The molecule has 0 aromatic heterocycles. The van der Waals surface area contributed by atoms with Crippen LogP contribution in [-0.4, -0.2) is 5.78 Å². The summed E-state index contributed by atoms with van der Waals surface area (Å²) >= 11 is 0. The summed E-state index contributed by atoms with van der Waals surface area (Å²) in [6.07, 6.45) is 9.78. The summed E-state index contributed by atoms with van der Waals surface area (Å²) < 4.78 is 0. The fourth-order valence-electron chi connectivity index (χ4n) is 3.54. The Hall–Kier alpha value is -0.330. The molecule has 3 atom stereocenters. The number of hydrogen-bond donors (Lipinski definition) is 0. The van der Waals surface area contributed by atoms with E-state index in [0.29, 0.717) is 17.1 Å². The Kier molecular flexibility index (Phi) is 5.69. The van der Waals surface area contributed by atoms with Gasteiger partial charge in [0.15, 0.2) is 0 Å². The Morgan fingerprint density at radius 3 is 2.35 bits per heavy atom. The summed E-state index contributed by atoms with van der Waals surface area (Å²) in [7, 11) is 0. The topological polar surface area (TPSA) is 17.1 Å². The highest BCUT2D eigenvalue weighted by Crippen LogP contribution is 2.53. The first kappa shape index (κ1) is 14.7. The van der Waals surface area contributed by atoms with Crippen molar-refractivity contribution in [3.63, 3.8) is 0 Å². The van der Waals surface area contributed by atoms with Crippen molar-refractivity contribution in [3.8, 4) is 0 Å². The second-order valence-corrected chi connectivity index (χ2v) is 6.21. The fraction of sp³-hybridized carbons (Fsp3) is 0.938. The molecule has 1 heteroatoms. The number of unbranched alkanes of at least 4 members (excludes halogenated alkanes) is 2. The maximum atomic E-state index is 11.6. The molecule has 0 heterocycles. The summed E-state index contributed by atoms with van der Waals surface area (Å²) in [5.74, 6) is 1.74. The zero-order chi connectivity index (χ0) is 12.9. The van der Waals surface area contributed by atoms with E-state index in [1.165, 1.54) is 32.1 Å². The van der Waals surface area contributed by atoms with Crippen LogP contribution in [0.3, 0.4) is 0 Å². The van der Waals surface area contributed by atoms with Crippen LogP contribution in [0.5, 0.6) is 0 Å². The minimum Gasteiger partial charge on any atom is -0.299 e. The summed E-state index contributed by atoms with van der Waals surface area (Å²) in [4.78, 5) is 11.6. The van der Waals surface area contributed by atoms with Gasteiger partial charge in [-0.1, -0.05) is 47.0 Å². The first-order valence-corrected chi connectivity index (χ1v) is 7.59. The van der Waals surface area contributed by atoms with Crippen LogP contribution in [0.15, 0.2) is 0 Å². The minimum absolute atomic E-state index is 0.370. The van der Waals surface area contributed by atoms with Gasteiger partial charge in [-0.25, -0.2) is 0 Å². The molecular weight excluding hydrogens is 208 g/mol. The second kappa shape index (κ2) is 6.56. The number of Topliss-reactive ketones (excluding diaryl/α,β-unsaturated/α-hetero) is 1. The lowest BCUT2D eigenvalue weighted by atomic mass is 9.65. The number of ketones is 1. The van der Waals surface area contributed by atoms with E-state index < -0.39 is 0 Å². The van der Waals surface area contributed by atoms with E-state index in [0.717, 1.165) is 25.2 Å². The highest BCUT2D eigenvalue weighted by Gasteiger charge is 2.48. The van der Waals surface area contributed by atoms with Crippen LogP contribution in [0.4, 0.5) is 0 Å². The van der Waals surface area contributed by atoms with E-state index in [1.807, 2.05) is 0 Å². The van der Waals surface area contributed by atoms with Crippen LogP contribution in [0, 0.1) is 17.3 Å². The first-order chi connectivity index (χ1) is 8.06. The molecule has 2 saturated carbocycles. The maximum absolute atomic E-state index is 11.6. The Morgan fingerprint density at radius 1 is 1.24 bits per heavy atom. The maximum Gasteiger partial charge on any atom is 0.136 e. The van der Waals surface area contributed by atoms with Gasteiger partial charge in [0.1, 0.15) is 5.78 Å². The van der Waals surface area contributed by atoms with Crippen LogP contribution in [0.2, 0.25) is 0 Å². The molecule has 0 saturated heterocycles. The summed E-state index contributed by atoms with van der Waals surface area (Å²) in [6, 6.07) is 0. The molecule has 0 bridgehead atoms. The van der Waals surface area contributed by atoms with Crippen LogP contribution >= 0.6 is 0 Å². The predicted octanol–water partition coefficient (Wildman–Crippen LogP) is 4.99. The number of carbonyl (C=O) groups is 1. The quantitative estimate of drug-likeness (QED) is 0.662. The molecule has 1 nitrogen and oxygen atoms in total. The minimum atomic E-state index is 0.370. The average Bonchev–Trinajstić information content (AvgIpc) is 2.59. The van der Waals surface area contributed by atoms with Crippen LogP contribution in [0.1, 0.15) is 79.1 Å². The van der Waals surface area contributed by atoms with Gasteiger partial charge in [-0.2, -0.15) is 0 Å². The van der Waals surface area contributed by atoms with Crippen molar-refractivity contribution in [3.05, 3.63) is 0 Å². The third-order valence-electron chi connectivity index (χ3n) is 5.04. The van der Waals surface area contributed by atoms with Crippen molar-refractivity contribution in [2.75, 3.05) is 0 Å². The Bertz CT molecular complexity index is 244. The van der Waals surface area contributed by atoms with Gasteiger partial charge in [0, 0.05) is 12.3 Å². The van der Waals surface area contributed by atoms with Gasteiger partial charge in [-0.15, -0.1) is 0 Å². The van der Waals surface area contributed by atoms with Crippen molar-refractivity contribution in [2.24, 2.45) is 17.3 Å². The average molecular weight is 238 g/mol. The van der Waals surface area contributed by atoms with Gasteiger partial charge in [0.25, 0.3) is 0 Å². The molecule has 100 valence electrons.